The Morgan fingerprint density at radius 3 is 2.63 bits per heavy atom. The van der Waals surface area contributed by atoms with E-state index in [-0.39, 0.29) is 0 Å². The topological polar surface area (TPSA) is 100 Å². The summed E-state index contributed by atoms with van der Waals surface area (Å²) in [6.07, 6.45) is 1.78. The van der Waals surface area contributed by atoms with Gasteiger partial charge in [-0.15, -0.1) is 10.2 Å². The normalized spacial score (nSPS) is 10.8. The Balaban J connectivity index is 1.88. The van der Waals surface area contributed by atoms with Gasteiger partial charge < -0.3 is 5.73 Å². The molecule has 0 saturated heterocycles. The van der Waals surface area contributed by atoms with Crippen molar-refractivity contribution in [2.24, 2.45) is 5.73 Å². The Kier molecular flexibility index (Phi) is 2.99. The summed E-state index contributed by atoms with van der Waals surface area (Å²) in [5, 5.41) is 19.6. The van der Waals surface area contributed by atoms with Crippen LogP contribution in [0.5, 0.6) is 0 Å². The highest BCUT2D eigenvalue weighted by molar-refractivity contribution is 5.30. The molecule has 0 aliphatic carbocycles. The Morgan fingerprint density at radius 2 is 1.89 bits per heavy atom. The number of benzene rings is 1. The summed E-state index contributed by atoms with van der Waals surface area (Å²) < 4.78 is 3.33. The molecule has 2 aromatic heterocycles. The van der Waals surface area contributed by atoms with Crippen molar-refractivity contribution in [1.29, 1.82) is 0 Å². The first-order chi connectivity index (χ1) is 9.36. The molecule has 8 heteroatoms. The second kappa shape index (κ2) is 4.94. The highest BCUT2D eigenvalue weighted by atomic mass is 15.6. The van der Waals surface area contributed by atoms with E-state index in [0.717, 1.165) is 11.4 Å². The van der Waals surface area contributed by atoms with E-state index in [1.54, 1.807) is 15.6 Å². The molecule has 0 amide bonds. The van der Waals surface area contributed by atoms with Crippen LogP contribution < -0.4 is 5.73 Å². The van der Waals surface area contributed by atoms with E-state index in [4.69, 9.17) is 5.73 Å². The van der Waals surface area contributed by atoms with Gasteiger partial charge in [0.25, 0.3) is 0 Å². The van der Waals surface area contributed by atoms with Gasteiger partial charge >= 0.3 is 0 Å². The third-order valence-corrected chi connectivity index (χ3v) is 2.63. The molecular formula is C11H12N8. The maximum absolute atomic E-state index is 5.50. The summed E-state index contributed by atoms with van der Waals surface area (Å²) in [4.78, 5) is 0. The third kappa shape index (κ3) is 2.33. The van der Waals surface area contributed by atoms with Crippen LogP contribution in [0.1, 0.15) is 11.5 Å². The van der Waals surface area contributed by atoms with Gasteiger partial charge in [-0.1, -0.05) is 23.4 Å². The molecule has 2 N–H and O–H groups in total. The van der Waals surface area contributed by atoms with Gasteiger partial charge in [-0.05, 0) is 22.6 Å². The summed E-state index contributed by atoms with van der Waals surface area (Å²) in [7, 11) is 0. The van der Waals surface area contributed by atoms with E-state index in [9.17, 15) is 0 Å². The molecule has 0 unspecified atom stereocenters. The average molecular weight is 256 g/mol. The summed E-state index contributed by atoms with van der Waals surface area (Å²) in [5.74, 6) is 0.680. The summed E-state index contributed by atoms with van der Waals surface area (Å²) >= 11 is 0. The first-order valence-corrected chi connectivity index (χ1v) is 5.78. The highest BCUT2D eigenvalue weighted by Gasteiger charge is 2.09. The van der Waals surface area contributed by atoms with Gasteiger partial charge in [-0.25, -0.2) is 4.68 Å². The van der Waals surface area contributed by atoms with Crippen molar-refractivity contribution < 1.29 is 0 Å². The summed E-state index contributed by atoms with van der Waals surface area (Å²) in [5.41, 5.74) is 7.14. The van der Waals surface area contributed by atoms with Crippen LogP contribution in [0, 0.1) is 0 Å². The van der Waals surface area contributed by atoms with Crippen LogP contribution in [0.25, 0.3) is 5.69 Å². The number of hydrogen-bond acceptors (Lipinski definition) is 6. The zero-order valence-corrected chi connectivity index (χ0v) is 10.1. The van der Waals surface area contributed by atoms with E-state index in [1.807, 2.05) is 30.3 Å². The lowest BCUT2D eigenvalue weighted by Gasteiger charge is -2.03. The second-order valence-electron chi connectivity index (χ2n) is 3.95. The van der Waals surface area contributed by atoms with Crippen molar-refractivity contribution in [3.8, 4) is 5.69 Å². The molecule has 0 spiro atoms. The molecule has 2 heterocycles. The Bertz CT molecular complexity index is 656. The largest absolute Gasteiger partial charge is 0.325 e. The van der Waals surface area contributed by atoms with E-state index < -0.39 is 0 Å². The summed E-state index contributed by atoms with van der Waals surface area (Å²) in [6, 6.07) is 9.68. The van der Waals surface area contributed by atoms with Gasteiger partial charge in [0.1, 0.15) is 6.54 Å². The molecule has 0 aliphatic heterocycles. The molecule has 96 valence electrons. The Labute approximate surface area is 108 Å². The number of nitrogens with two attached hydrogens (primary N) is 1. The predicted molar refractivity (Wildman–Crippen MR) is 66.2 cm³/mol. The number of hydrogen-bond donors (Lipinski definition) is 1. The molecule has 3 aromatic rings. The van der Waals surface area contributed by atoms with Gasteiger partial charge in [0.2, 0.25) is 0 Å². The zero-order valence-electron chi connectivity index (χ0n) is 10.1. The fraction of sp³-hybridized carbons (Fsp3) is 0.182. The molecule has 0 aliphatic rings. The van der Waals surface area contributed by atoms with Gasteiger partial charge in [0, 0.05) is 6.54 Å². The minimum atomic E-state index is 0.365. The first kappa shape index (κ1) is 11.5. The smallest absolute Gasteiger partial charge is 0.178 e. The van der Waals surface area contributed by atoms with Gasteiger partial charge in [0.05, 0.1) is 17.6 Å². The van der Waals surface area contributed by atoms with Crippen LogP contribution in [-0.4, -0.2) is 35.2 Å². The van der Waals surface area contributed by atoms with Crippen LogP contribution in [0.15, 0.2) is 36.5 Å². The Morgan fingerprint density at radius 1 is 1.05 bits per heavy atom. The molecule has 19 heavy (non-hydrogen) atoms. The number of tetrazole rings is 1. The zero-order chi connectivity index (χ0) is 13.1. The lowest BCUT2D eigenvalue weighted by Crippen LogP contribution is -2.09. The standard InChI is InChI=1S/C11H12N8/c12-6-9-7-18(16-13-9)8-11-14-15-17-19(11)10-4-2-1-3-5-10/h1-5,7H,6,8,12H2. The minimum Gasteiger partial charge on any atom is -0.325 e. The van der Waals surface area contributed by atoms with Crippen LogP contribution >= 0.6 is 0 Å². The fourth-order valence-electron chi connectivity index (χ4n) is 1.73. The molecule has 0 fully saturated rings. The van der Waals surface area contributed by atoms with Crippen LogP contribution in [0.4, 0.5) is 0 Å². The molecule has 1 aromatic carbocycles. The molecule has 0 atom stereocenters. The second-order valence-corrected chi connectivity index (χ2v) is 3.95. The van der Waals surface area contributed by atoms with Crippen molar-refractivity contribution in [1.82, 2.24) is 35.2 Å². The van der Waals surface area contributed by atoms with Gasteiger partial charge in [0.15, 0.2) is 5.82 Å². The van der Waals surface area contributed by atoms with Crippen LogP contribution in [0.3, 0.4) is 0 Å². The molecule has 8 nitrogen and oxygen atoms in total. The molecule has 0 saturated carbocycles. The number of aromatic nitrogens is 7. The fourth-order valence-corrected chi connectivity index (χ4v) is 1.73. The molecule has 0 radical (unpaired) electrons. The minimum absolute atomic E-state index is 0.365. The monoisotopic (exact) mass is 256 g/mol. The van der Waals surface area contributed by atoms with Crippen molar-refractivity contribution in [3.63, 3.8) is 0 Å². The van der Waals surface area contributed by atoms with Gasteiger partial charge in [-0.2, -0.15) is 4.68 Å². The number of nitrogens with zero attached hydrogens (tertiary/aromatic N) is 7. The first-order valence-electron chi connectivity index (χ1n) is 5.78. The van der Waals surface area contributed by atoms with E-state index in [0.29, 0.717) is 18.9 Å². The number of rotatable bonds is 4. The molecular weight excluding hydrogens is 244 g/mol. The lowest BCUT2D eigenvalue weighted by atomic mass is 10.3. The maximum atomic E-state index is 5.50. The SMILES string of the molecule is NCc1cn(Cc2nnnn2-c2ccccc2)nn1. The van der Waals surface area contributed by atoms with Crippen LogP contribution in [0.2, 0.25) is 0 Å². The highest BCUT2D eigenvalue weighted by Crippen LogP contribution is 2.07. The van der Waals surface area contributed by atoms with Crippen molar-refractivity contribution >= 4 is 0 Å². The maximum Gasteiger partial charge on any atom is 0.178 e. The molecule has 3 rings (SSSR count). The quantitative estimate of drug-likeness (QED) is 0.691. The third-order valence-electron chi connectivity index (χ3n) is 2.63. The average Bonchev–Trinajstić information content (AvgIpc) is 3.09. The Hall–Kier alpha value is -2.61. The van der Waals surface area contributed by atoms with Crippen molar-refractivity contribution in [2.75, 3.05) is 0 Å². The number of para-hydroxylation sites is 1. The van der Waals surface area contributed by atoms with E-state index in [2.05, 4.69) is 25.8 Å². The lowest BCUT2D eigenvalue weighted by molar-refractivity contribution is 0.609. The van der Waals surface area contributed by atoms with Crippen molar-refractivity contribution in [3.05, 3.63) is 48.0 Å². The molecule has 0 bridgehead atoms. The van der Waals surface area contributed by atoms with Crippen molar-refractivity contribution in [2.45, 2.75) is 13.1 Å². The van der Waals surface area contributed by atoms with E-state index >= 15 is 0 Å². The van der Waals surface area contributed by atoms with E-state index in [1.165, 1.54) is 0 Å². The summed E-state index contributed by atoms with van der Waals surface area (Å²) in [6.45, 7) is 0.804. The van der Waals surface area contributed by atoms with Gasteiger partial charge in [-0.3, -0.25) is 0 Å². The van der Waals surface area contributed by atoms with Crippen LogP contribution in [-0.2, 0) is 13.1 Å². The predicted octanol–water partition coefficient (Wildman–Crippen LogP) is -0.239.